The van der Waals surface area contributed by atoms with Crippen LogP contribution in [0, 0.1) is 12.7 Å². The third kappa shape index (κ3) is 4.15. The van der Waals surface area contributed by atoms with Crippen molar-refractivity contribution in [1.29, 1.82) is 0 Å². The molecule has 2 rings (SSSR count). The van der Waals surface area contributed by atoms with E-state index in [4.69, 9.17) is 0 Å². The zero-order chi connectivity index (χ0) is 16.1. The maximum absolute atomic E-state index is 13.2. The lowest BCUT2D eigenvalue weighted by Gasteiger charge is -2.10. The van der Waals surface area contributed by atoms with Crippen LogP contribution in [0.3, 0.4) is 0 Å². The molecule has 0 fully saturated rings. The van der Waals surface area contributed by atoms with Crippen LogP contribution in [-0.2, 0) is 4.79 Å². The van der Waals surface area contributed by atoms with Crippen LogP contribution in [0.4, 0.5) is 15.8 Å². The molecule has 0 spiro atoms. The van der Waals surface area contributed by atoms with Crippen molar-refractivity contribution < 1.29 is 14.0 Å². The van der Waals surface area contributed by atoms with Crippen molar-refractivity contribution in [2.75, 3.05) is 17.2 Å². The summed E-state index contributed by atoms with van der Waals surface area (Å²) in [7, 11) is 0. The first kappa shape index (κ1) is 15.7. The molecule has 0 heterocycles. The molecule has 0 unspecified atom stereocenters. The molecular formula is C17H17FN2O2. The second-order valence-corrected chi connectivity index (χ2v) is 4.99. The molecule has 1 amide bonds. The van der Waals surface area contributed by atoms with Crippen molar-refractivity contribution >= 4 is 23.1 Å². The molecule has 0 radical (unpaired) electrons. The Balaban J connectivity index is 1.92. The fraction of sp³-hybridized carbons (Fsp3) is 0.176. The number of halogens is 1. The van der Waals surface area contributed by atoms with Crippen LogP contribution in [0.5, 0.6) is 0 Å². The third-order valence-electron chi connectivity index (χ3n) is 3.22. The van der Waals surface area contributed by atoms with Crippen molar-refractivity contribution in [3.05, 3.63) is 59.4 Å². The van der Waals surface area contributed by atoms with Gasteiger partial charge in [-0.1, -0.05) is 6.07 Å². The van der Waals surface area contributed by atoms with Crippen molar-refractivity contribution in [3.8, 4) is 0 Å². The van der Waals surface area contributed by atoms with Gasteiger partial charge in [-0.25, -0.2) is 4.39 Å². The smallest absolute Gasteiger partial charge is 0.243 e. The molecular weight excluding hydrogens is 283 g/mol. The molecule has 0 aliphatic rings. The van der Waals surface area contributed by atoms with Crippen LogP contribution >= 0.6 is 0 Å². The molecule has 0 bridgehead atoms. The fourth-order valence-electron chi connectivity index (χ4n) is 1.93. The van der Waals surface area contributed by atoms with Crippen molar-refractivity contribution in [2.24, 2.45) is 0 Å². The predicted molar refractivity (Wildman–Crippen MR) is 84.7 cm³/mol. The average molecular weight is 300 g/mol. The molecule has 2 aromatic rings. The molecule has 22 heavy (non-hydrogen) atoms. The predicted octanol–water partition coefficient (Wildman–Crippen LogP) is 3.39. The Bertz CT molecular complexity index is 696. The molecule has 4 nitrogen and oxygen atoms in total. The molecule has 0 saturated carbocycles. The number of ketones is 1. The number of anilines is 2. The van der Waals surface area contributed by atoms with Crippen molar-refractivity contribution in [2.45, 2.75) is 13.8 Å². The summed E-state index contributed by atoms with van der Waals surface area (Å²) in [6.45, 7) is 3.34. The highest BCUT2D eigenvalue weighted by atomic mass is 19.1. The lowest BCUT2D eigenvalue weighted by molar-refractivity contribution is -0.114. The first-order chi connectivity index (χ1) is 10.5. The zero-order valence-corrected chi connectivity index (χ0v) is 12.4. The quantitative estimate of drug-likeness (QED) is 0.832. The minimum Gasteiger partial charge on any atom is -0.376 e. The first-order valence-electron chi connectivity index (χ1n) is 6.86. The van der Waals surface area contributed by atoms with E-state index in [0.717, 1.165) is 11.3 Å². The van der Waals surface area contributed by atoms with Gasteiger partial charge in [0, 0.05) is 16.9 Å². The fourth-order valence-corrected chi connectivity index (χ4v) is 1.93. The second-order valence-electron chi connectivity index (χ2n) is 4.99. The standard InChI is InChI=1S/C17H17FN2O2/c1-11-3-6-14(18)9-16(11)20-17(22)10-19-15-7-4-13(5-8-15)12(2)21/h3-9,19H,10H2,1-2H3,(H,20,22). The number of hydrogen-bond acceptors (Lipinski definition) is 3. The van der Waals surface area contributed by atoms with E-state index in [-0.39, 0.29) is 18.2 Å². The molecule has 0 aliphatic heterocycles. The van der Waals surface area contributed by atoms with E-state index < -0.39 is 5.82 Å². The van der Waals surface area contributed by atoms with Crippen LogP contribution < -0.4 is 10.6 Å². The number of Topliss-reactive ketones (excluding diaryl/α,β-unsaturated/α-hetero) is 1. The van der Waals surface area contributed by atoms with Gasteiger partial charge in [-0.3, -0.25) is 9.59 Å². The minimum atomic E-state index is -0.395. The van der Waals surface area contributed by atoms with Crippen molar-refractivity contribution in [3.63, 3.8) is 0 Å². The molecule has 114 valence electrons. The van der Waals surface area contributed by atoms with Crippen LogP contribution in [0.2, 0.25) is 0 Å². The topological polar surface area (TPSA) is 58.2 Å². The number of nitrogens with one attached hydrogen (secondary N) is 2. The number of carbonyl (C=O) groups is 2. The monoisotopic (exact) mass is 300 g/mol. The molecule has 2 N–H and O–H groups in total. The number of amides is 1. The molecule has 0 atom stereocenters. The Hall–Kier alpha value is -2.69. The van der Waals surface area contributed by atoms with Gasteiger partial charge in [0.15, 0.2) is 5.78 Å². The van der Waals surface area contributed by atoms with Crippen LogP contribution in [-0.4, -0.2) is 18.2 Å². The highest BCUT2D eigenvalue weighted by molar-refractivity contribution is 5.95. The van der Waals surface area contributed by atoms with E-state index in [1.807, 2.05) is 0 Å². The number of aryl methyl sites for hydroxylation is 1. The number of carbonyl (C=O) groups excluding carboxylic acids is 2. The highest BCUT2D eigenvalue weighted by Crippen LogP contribution is 2.16. The van der Waals surface area contributed by atoms with Gasteiger partial charge < -0.3 is 10.6 Å². The van der Waals surface area contributed by atoms with Gasteiger partial charge in [-0.05, 0) is 55.8 Å². The minimum absolute atomic E-state index is 0.00845. The average Bonchev–Trinajstić information content (AvgIpc) is 2.49. The second kappa shape index (κ2) is 6.85. The number of benzene rings is 2. The van der Waals surface area contributed by atoms with E-state index >= 15 is 0 Å². The maximum atomic E-state index is 13.2. The Kier molecular flexibility index (Phi) is 4.88. The zero-order valence-electron chi connectivity index (χ0n) is 12.4. The van der Waals surface area contributed by atoms with E-state index in [2.05, 4.69) is 10.6 Å². The van der Waals surface area contributed by atoms with Gasteiger partial charge in [0.05, 0.1) is 6.54 Å². The van der Waals surface area contributed by atoms with Gasteiger partial charge in [0.1, 0.15) is 5.82 Å². The summed E-state index contributed by atoms with van der Waals surface area (Å²) >= 11 is 0. The first-order valence-corrected chi connectivity index (χ1v) is 6.86. The number of hydrogen-bond donors (Lipinski definition) is 2. The summed E-state index contributed by atoms with van der Waals surface area (Å²) in [5.41, 5.74) is 2.60. The summed E-state index contributed by atoms with van der Waals surface area (Å²) in [5, 5.41) is 5.60. The van der Waals surface area contributed by atoms with Crippen molar-refractivity contribution in [1.82, 2.24) is 0 Å². The Labute approximate surface area is 128 Å². The Morgan fingerprint density at radius 3 is 2.41 bits per heavy atom. The summed E-state index contributed by atoms with van der Waals surface area (Å²) in [6.07, 6.45) is 0. The molecule has 0 aromatic heterocycles. The van der Waals surface area contributed by atoms with E-state index in [1.54, 1.807) is 37.3 Å². The molecule has 0 saturated heterocycles. The molecule has 2 aromatic carbocycles. The summed E-state index contributed by atoms with van der Waals surface area (Å²) in [6, 6.07) is 11.1. The highest BCUT2D eigenvalue weighted by Gasteiger charge is 2.06. The van der Waals surface area contributed by atoms with Gasteiger partial charge in [-0.2, -0.15) is 0 Å². The maximum Gasteiger partial charge on any atom is 0.243 e. The largest absolute Gasteiger partial charge is 0.376 e. The Morgan fingerprint density at radius 2 is 1.77 bits per heavy atom. The third-order valence-corrected chi connectivity index (χ3v) is 3.22. The van der Waals surface area contributed by atoms with Gasteiger partial charge in [-0.15, -0.1) is 0 Å². The summed E-state index contributed by atoms with van der Waals surface area (Å²) < 4.78 is 13.2. The summed E-state index contributed by atoms with van der Waals surface area (Å²) in [4.78, 5) is 23.0. The number of rotatable bonds is 5. The molecule has 5 heteroatoms. The van der Waals surface area contributed by atoms with E-state index in [0.29, 0.717) is 11.3 Å². The molecule has 0 aliphatic carbocycles. The SMILES string of the molecule is CC(=O)c1ccc(NCC(=O)Nc2cc(F)ccc2C)cc1. The lowest BCUT2D eigenvalue weighted by Crippen LogP contribution is -2.22. The van der Waals surface area contributed by atoms with E-state index in [1.165, 1.54) is 19.1 Å². The van der Waals surface area contributed by atoms with Gasteiger partial charge >= 0.3 is 0 Å². The summed E-state index contributed by atoms with van der Waals surface area (Å²) in [5.74, 6) is -0.677. The van der Waals surface area contributed by atoms with E-state index in [9.17, 15) is 14.0 Å². The van der Waals surface area contributed by atoms with Crippen LogP contribution in [0.1, 0.15) is 22.8 Å². The van der Waals surface area contributed by atoms with Gasteiger partial charge in [0.25, 0.3) is 0 Å². The Morgan fingerprint density at radius 1 is 1.09 bits per heavy atom. The van der Waals surface area contributed by atoms with Crippen LogP contribution in [0.25, 0.3) is 0 Å². The normalized spacial score (nSPS) is 10.1. The lowest BCUT2D eigenvalue weighted by atomic mass is 10.1. The van der Waals surface area contributed by atoms with Gasteiger partial charge in [0.2, 0.25) is 5.91 Å². The van der Waals surface area contributed by atoms with Crippen LogP contribution in [0.15, 0.2) is 42.5 Å².